The second kappa shape index (κ2) is 8.61. The van der Waals surface area contributed by atoms with Crippen LogP contribution in [-0.2, 0) is 22.6 Å². The molecule has 1 N–H and O–H groups in total. The number of pyridine rings is 1. The van der Waals surface area contributed by atoms with E-state index in [1.54, 1.807) is 11.1 Å². The van der Waals surface area contributed by atoms with Gasteiger partial charge in [0.15, 0.2) is 0 Å². The molecule has 136 valence electrons. The molecular formula is C21H25N3O2. The van der Waals surface area contributed by atoms with Gasteiger partial charge in [-0.05, 0) is 42.7 Å². The topological polar surface area (TPSA) is 62.3 Å². The van der Waals surface area contributed by atoms with Crippen LogP contribution in [0.2, 0.25) is 0 Å². The highest BCUT2D eigenvalue weighted by molar-refractivity contribution is 6.00. The third kappa shape index (κ3) is 4.48. The summed E-state index contributed by atoms with van der Waals surface area (Å²) in [5, 5.41) is 2.89. The zero-order chi connectivity index (χ0) is 18.4. The number of anilines is 1. The fraction of sp³-hybridized carbons (Fsp3) is 0.381. The Morgan fingerprint density at radius 1 is 1.23 bits per heavy atom. The van der Waals surface area contributed by atoms with Gasteiger partial charge in [0.2, 0.25) is 11.8 Å². The molecule has 1 fully saturated rings. The molecule has 2 amide bonds. The maximum Gasteiger partial charge on any atom is 0.227 e. The van der Waals surface area contributed by atoms with E-state index in [0.717, 1.165) is 17.8 Å². The van der Waals surface area contributed by atoms with Gasteiger partial charge >= 0.3 is 0 Å². The first-order valence-corrected chi connectivity index (χ1v) is 9.24. The maximum absolute atomic E-state index is 12.4. The van der Waals surface area contributed by atoms with Crippen LogP contribution in [0.4, 0.5) is 5.69 Å². The number of nitrogens with one attached hydrogen (secondary N) is 1. The molecule has 1 aliphatic rings. The van der Waals surface area contributed by atoms with Gasteiger partial charge in [-0.3, -0.25) is 14.6 Å². The molecule has 1 aliphatic heterocycles. The third-order valence-corrected chi connectivity index (χ3v) is 4.73. The van der Waals surface area contributed by atoms with Crippen molar-refractivity contribution in [1.82, 2.24) is 10.3 Å². The smallest absolute Gasteiger partial charge is 0.227 e. The molecule has 0 spiro atoms. The lowest BCUT2D eigenvalue weighted by atomic mass is 10.1. The summed E-state index contributed by atoms with van der Waals surface area (Å²) < 4.78 is 0. The molecule has 1 saturated heterocycles. The number of hydrogen-bond acceptors (Lipinski definition) is 3. The Labute approximate surface area is 154 Å². The first-order chi connectivity index (χ1) is 12.7. The van der Waals surface area contributed by atoms with Crippen LogP contribution in [0.15, 0.2) is 48.7 Å². The van der Waals surface area contributed by atoms with E-state index in [4.69, 9.17) is 0 Å². The van der Waals surface area contributed by atoms with E-state index < -0.39 is 0 Å². The molecule has 3 rings (SSSR count). The minimum atomic E-state index is -0.314. The van der Waals surface area contributed by atoms with Gasteiger partial charge in [0.05, 0.1) is 18.2 Å². The van der Waals surface area contributed by atoms with E-state index in [9.17, 15) is 9.59 Å². The van der Waals surface area contributed by atoms with Crippen LogP contribution in [0.1, 0.15) is 37.4 Å². The molecule has 5 nitrogen and oxygen atoms in total. The molecule has 26 heavy (non-hydrogen) atoms. The molecule has 0 aliphatic carbocycles. The van der Waals surface area contributed by atoms with Crippen molar-refractivity contribution < 1.29 is 9.59 Å². The maximum atomic E-state index is 12.4. The van der Waals surface area contributed by atoms with Crippen LogP contribution in [0.25, 0.3) is 0 Å². The van der Waals surface area contributed by atoms with Crippen molar-refractivity contribution in [2.75, 3.05) is 11.4 Å². The Morgan fingerprint density at radius 2 is 2.04 bits per heavy atom. The quantitative estimate of drug-likeness (QED) is 0.834. The number of rotatable bonds is 7. The summed E-state index contributed by atoms with van der Waals surface area (Å²) in [5.74, 6) is -0.402. The van der Waals surface area contributed by atoms with Crippen molar-refractivity contribution in [3.63, 3.8) is 0 Å². The van der Waals surface area contributed by atoms with Gasteiger partial charge in [0.25, 0.3) is 0 Å². The number of amides is 2. The molecule has 1 unspecified atom stereocenters. The van der Waals surface area contributed by atoms with Crippen LogP contribution in [0.5, 0.6) is 0 Å². The molecule has 0 saturated carbocycles. The SMILES string of the molecule is CCCCc1ccc(N2CC(C(=O)NCc3ccccn3)CC2=O)cc1. The number of unbranched alkanes of at least 4 members (excludes halogenated alkanes) is 1. The zero-order valence-corrected chi connectivity index (χ0v) is 15.1. The first-order valence-electron chi connectivity index (χ1n) is 9.24. The predicted molar refractivity (Wildman–Crippen MR) is 102 cm³/mol. The molecule has 1 aromatic heterocycles. The third-order valence-electron chi connectivity index (χ3n) is 4.73. The lowest BCUT2D eigenvalue weighted by molar-refractivity contribution is -0.126. The average molecular weight is 351 g/mol. The van der Waals surface area contributed by atoms with Crippen LogP contribution >= 0.6 is 0 Å². The van der Waals surface area contributed by atoms with E-state index in [2.05, 4.69) is 29.4 Å². The van der Waals surface area contributed by atoms with Crippen molar-refractivity contribution >= 4 is 17.5 Å². The summed E-state index contributed by atoms with van der Waals surface area (Å²) in [4.78, 5) is 30.7. The summed E-state index contributed by atoms with van der Waals surface area (Å²) in [6, 6.07) is 13.7. The zero-order valence-electron chi connectivity index (χ0n) is 15.1. The lowest BCUT2D eigenvalue weighted by Crippen LogP contribution is -2.32. The van der Waals surface area contributed by atoms with Crippen molar-refractivity contribution in [2.24, 2.45) is 5.92 Å². The van der Waals surface area contributed by atoms with Crippen LogP contribution in [0.3, 0.4) is 0 Å². The van der Waals surface area contributed by atoms with Gasteiger partial charge in [-0.25, -0.2) is 0 Å². The van der Waals surface area contributed by atoms with Gasteiger partial charge < -0.3 is 10.2 Å². The summed E-state index contributed by atoms with van der Waals surface area (Å²) in [7, 11) is 0. The molecule has 0 bridgehead atoms. The molecule has 1 atom stereocenters. The Kier molecular flexibility index (Phi) is 6.00. The average Bonchev–Trinajstić information content (AvgIpc) is 3.07. The van der Waals surface area contributed by atoms with E-state index >= 15 is 0 Å². The number of nitrogens with zero attached hydrogens (tertiary/aromatic N) is 2. The van der Waals surface area contributed by atoms with Gasteiger partial charge in [0.1, 0.15) is 0 Å². The minimum Gasteiger partial charge on any atom is -0.350 e. The summed E-state index contributed by atoms with van der Waals surface area (Å²) in [6.45, 7) is 2.99. The van der Waals surface area contributed by atoms with Crippen molar-refractivity contribution in [2.45, 2.75) is 39.2 Å². The lowest BCUT2D eigenvalue weighted by Gasteiger charge is -2.17. The Hall–Kier alpha value is -2.69. The molecule has 0 radical (unpaired) electrons. The highest BCUT2D eigenvalue weighted by atomic mass is 16.2. The fourth-order valence-corrected chi connectivity index (χ4v) is 3.18. The van der Waals surface area contributed by atoms with Crippen molar-refractivity contribution in [3.8, 4) is 0 Å². The van der Waals surface area contributed by atoms with E-state index in [1.165, 1.54) is 18.4 Å². The summed E-state index contributed by atoms with van der Waals surface area (Å²) in [5.41, 5.74) is 2.96. The van der Waals surface area contributed by atoms with Crippen LogP contribution < -0.4 is 10.2 Å². The largest absolute Gasteiger partial charge is 0.350 e. The van der Waals surface area contributed by atoms with Crippen molar-refractivity contribution in [3.05, 3.63) is 59.9 Å². The van der Waals surface area contributed by atoms with Gasteiger partial charge in [-0.2, -0.15) is 0 Å². The Bertz CT molecular complexity index is 744. The van der Waals surface area contributed by atoms with E-state index in [1.807, 2.05) is 30.3 Å². The molecule has 5 heteroatoms. The number of carbonyl (C=O) groups is 2. The van der Waals surface area contributed by atoms with Crippen molar-refractivity contribution in [1.29, 1.82) is 0 Å². The number of aromatic nitrogens is 1. The monoisotopic (exact) mass is 351 g/mol. The highest BCUT2D eigenvalue weighted by Crippen LogP contribution is 2.26. The predicted octanol–water partition coefficient (Wildman–Crippen LogP) is 3.09. The van der Waals surface area contributed by atoms with Gasteiger partial charge in [-0.1, -0.05) is 31.5 Å². The van der Waals surface area contributed by atoms with Gasteiger partial charge in [-0.15, -0.1) is 0 Å². The Balaban J connectivity index is 1.56. The fourth-order valence-electron chi connectivity index (χ4n) is 3.18. The highest BCUT2D eigenvalue weighted by Gasteiger charge is 2.34. The number of benzene rings is 1. The minimum absolute atomic E-state index is 0.00398. The van der Waals surface area contributed by atoms with Gasteiger partial charge in [0, 0.05) is 24.8 Å². The van der Waals surface area contributed by atoms with Crippen LogP contribution in [0, 0.1) is 5.92 Å². The molecule has 2 heterocycles. The normalized spacial score (nSPS) is 16.7. The molecule has 2 aromatic rings. The number of carbonyl (C=O) groups excluding carboxylic acids is 2. The number of aryl methyl sites for hydroxylation is 1. The Morgan fingerprint density at radius 3 is 2.73 bits per heavy atom. The number of hydrogen-bond donors (Lipinski definition) is 1. The first kappa shape index (κ1) is 18.1. The second-order valence-electron chi connectivity index (χ2n) is 6.71. The van der Waals surface area contributed by atoms with E-state index in [0.29, 0.717) is 13.1 Å². The standard InChI is InChI=1S/C21H25N3O2/c1-2-3-6-16-8-10-19(11-9-16)24-15-17(13-20(24)25)21(26)23-14-18-7-4-5-12-22-18/h4-5,7-12,17H,2-3,6,13-15H2,1H3,(H,23,26). The second-order valence-corrected chi connectivity index (χ2v) is 6.71. The summed E-state index contributed by atoms with van der Waals surface area (Å²) in [6.07, 6.45) is 5.35. The molecule has 1 aromatic carbocycles. The molecular weight excluding hydrogens is 326 g/mol. The van der Waals surface area contributed by atoms with E-state index in [-0.39, 0.29) is 24.2 Å². The summed E-state index contributed by atoms with van der Waals surface area (Å²) >= 11 is 0. The van der Waals surface area contributed by atoms with Crippen LogP contribution in [-0.4, -0.2) is 23.3 Å².